The van der Waals surface area contributed by atoms with E-state index in [4.69, 9.17) is 5.26 Å². The molecule has 3 rings (SSSR count). The zero-order chi connectivity index (χ0) is 16.1. The number of hydrogen-bond donors (Lipinski definition) is 0. The molecule has 1 aliphatic carbocycles. The molecule has 1 aromatic carbocycles. The predicted octanol–water partition coefficient (Wildman–Crippen LogP) is 5.54. The van der Waals surface area contributed by atoms with Gasteiger partial charge in [0.2, 0.25) is 0 Å². The fourth-order valence-electron chi connectivity index (χ4n) is 3.39. The van der Waals surface area contributed by atoms with Gasteiger partial charge in [0, 0.05) is 11.5 Å². The monoisotopic (exact) mass is 325 g/mol. The van der Waals surface area contributed by atoms with Crippen molar-refractivity contribution in [2.75, 3.05) is 0 Å². The maximum Gasteiger partial charge on any atom is 0.147 e. The molecule has 0 aliphatic heterocycles. The number of rotatable bonds is 5. The standard InChI is InChI=1S/C19H23N3S/c1-2-3-4-14-5-9-16(10-6-14)18-21-22-19(23-18)17-11-7-15(13-20)8-12-17/h7-8,11-12,14,16H,2-6,9-10H2,1H3. The summed E-state index contributed by atoms with van der Waals surface area (Å²) in [5.41, 5.74) is 1.74. The highest BCUT2D eigenvalue weighted by molar-refractivity contribution is 7.14. The van der Waals surface area contributed by atoms with Crippen molar-refractivity contribution in [1.82, 2.24) is 10.2 Å². The number of nitriles is 1. The van der Waals surface area contributed by atoms with Crippen molar-refractivity contribution in [2.45, 2.75) is 57.8 Å². The topological polar surface area (TPSA) is 49.6 Å². The minimum Gasteiger partial charge on any atom is -0.192 e. The van der Waals surface area contributed by atoms with Crippen LogP contribution >= 0.6 is 11.3 Å². The van der Waals surface area contributed by atoms with Gasteiger partial charge in [0.25, 0.3) is 0 Å². The first-order valence-electron chi connectivity index (χ1n) is 8.64. The first-order chi connectivity index (χ1) is 11.3. The first kappa shape index (κ1) is 16.1. The lowest BCUT2D eigenvalue weighted by Crippen LogP contribution is -2.13. The summed E-state index contributed by atoms with van der Waals surface area (Å²) < 4.78 is 0. The number of unbranched alkanes of at least 4 members (excludes halogenated alkanes) is 1. The summed E-state index contributed by atoms with van der Waals surface area (Å²) in [6, 6.07) is 9.76. The van der Waals surface area contributed by atoms with Crippen LogP contribution < -0.4 is 0 Å². The summed E-state index contributed by atoms with van der Waals surface area (Å²) in [7, 11) is 0. The molecule has 0 N–H and O–H groups in total. The van der Waals surface area contributed by atoms with Crippen LogP contribution in [0.2, 0.25) is 0 Å². The number of benzene rings is 1. The second-order valence-corrected chi connectivity index (χ2v) is 7.50. The molecule has 0 unspecified atom stereocenters. The Morgan fingerprint density at radius 2 is 1.87 bits per heavy atom. The second kappa shape index (κ2) is 7.70. The van der Waals surface area contributed by atoms with Gasteiger partial charge in [0.15, 0.2) is 0 Å². The van der Waals surface area contributed by atoms with E-state index < -0.39 is 0 Å². The lowest BCUT2D eigenvalue weighted by Gasteiger charge is -2.26. The van der Waals surface area contributed by atoms with Gasteiger partial charge in [-0.05, 0) is 43.7 Å². The number of nitrogens with zero attached hydrogens (tertiary/aromatic N) is 3. The van der Waals surface area contributed by atoms with E-state index in [1.165, 1.54) is 50.0 Å². The molecule has 1 aliphatic rings. The third-order valence-corrected chi connectivity index (χ3v) is 6.00. The molecule has 1 heterocycles. The minimum absolute atomic E-state index is 0.595. The van der Waals surface area contributed by atoms with E-state index in [2.05, 4.69) is 23.2 Å². The van der Waals surface area contributed by atoms with Gasteiger partial charge < -0.3 is 0 Å². The molecule has 0 bridgehead atoms. The minimum atomic E-state index is 0.595. The Morgan fingerprint density at radius 3 is 2.52 bits per heavy atom. The van der Waals surface area contributed by atoms with Gasteiger partial charge in [-0.15, -0.1) is 10.2 Å². The van der Waals surface area contributed by atoms with Crippen LogP contribution in [0.25, 0.3) is 10.6 Å². The first-order valence-corrected chi connectivity index (χ1v) is 9.45. The molecule has 23 heavy (non-hydrogen) atoms. The highest BCUT2D eigenvalue weighted by atomic mass is 32.1. The van der Waals surface area contributed by atoms with E-state index in [-0.39, 0.29) is 0 Å². The van der Waals surface area contributed by atoms with Crippen molar-refractivity contribution in [3.8, 4) is 16.6 Å². The van der Waals surface area contributed by atoms with Crippen molar-refractivity contribution < 1.29 is 0 Å². The molecule has 3 nitrogen and oxygen atoms in total. The van der Waals surface area contributed by atoms with Gasteiger partial charge in [0.05, 0.1) is 11.6 Å². The molecule has 0 atom stereocenters. The molecule has 0 amide bonds. The van der Waals surface area contributed by atoms with Crippen LogP contribution in [0.15, 0.2) is 24.3 Å². The van der Waals surface area contributed by atoms with Gasteiger partial charge >= 0.3 is 0 Å². The summed E-state index contributed by atoms with van der Waals surface area (Å²) in [4.78, 5) is 0. The smallest absolute Gasteiger partial charge is 0.147 e. The average Bonchev–Trinajstić information content (AvgIpc) is 3.10. The van der Waals surface area contributed by atoms with Crippen LogP contribution in [0, 0.1) is 17.2 Å². The van der Waals surface area contributed by atoms with E-state index in [0.29, 0.717) is 11.5 Å². The van der Waals surface area contributed by atoms with Crippen molar-refractivity contribution >= 4 is 11.3 Å². The zero-order valence-electron chi connectivity index (χ0n) is 13.7. The van der Waals surface area contributed by atoms with Crippen LogP contribution in [0.3, 0.4) is 0 Å². The number of hydrogen-bond acceptors (Lipinski definition) is 4. The predicted molar refractivity (Wildman–Crippen MR) is 94.3 cm³/mol. The maximum atomic E-state index is 8.87. The van der Waals surface area contributed by atoms with E-state index in [9.17, 15) is 0 Å². The normalized spacial score (nSPS) is 21.0. The summed E-state index contributed by atoms with van der Waals surface area (Å²) in [5, 5.41) is 19.9. The van der Waals surface area contributed by atoms with Crippen molar-refractivity contribution in [2.24, 2.45) is 5.92 Å². The Kier molecular flexibility index (Phi) is 5.40. The van der Waals surface area contributed by atoms with E-state index in [1.807, 2.05) is 24.3 Å². The van der Waals surface area contributed by atoms with Crippen molar-refractivity contribution in [3.05, 3.63) is 34.8 Å². The van der Waals surface area contributed by atoms with Crippen molar-refractivity contribution in [1.29, 1.82) is 5.26 Å². The van der Waals surface area contributed by atoms with Gasteiger partial charge in [0.1, 0.15) is 10.0 Å². The largest absolute Gasteiger partial charge is 0.192 e. The lowest BCUT2D eigenvalue weighted by molar-refractivity contribution is 0.303. The molecule has 0 saturated heterocycles. The van der Waals surface area contributed by atoms with Crippen molar-refractivity contribution in [3.63, 3.8) is 0 Å². The SMILES string of the molecule is CCCCC1CCC(c2nnc(-c3ccc(C#N)cc3)s2)CC1. The Bertz CT molecular complexity index is 661. The van der Waals surface area contributed by atoms with Crippen LogP contribution in [0.5, 0.6) is 0 Å². The lowest BCUT2D eigenvalue weighted by atomic mass is 9.80. The van der Waals surface area contributed by atoms with Crippen LogP contribution in [0.1, 0.15) is 68.4 Å². The summed E-state index contributed by atoms with van der Waals surface area (Å²) in [6.45, 7) is 2.28. The average molecular weight is 325 g/mol. The molecule has 2 aromatic rings. The van der Waals surface area contributed by atoms with Gasteiger partial charge in [-0.2, -0.15) is 5.26 Å². The summed E-state index contributed by atoms with van der Waals surface area (Å²) >= 11 is 1.72. The molecular formula is C19H23N3S. The quantitative estimate of drug-likeness (QED) is 0.725. The summed E-state index contributed by atoms with van der Waals surface area (Å²) in [6.07, 6.45) is 9.29. The van der Waals surface area contributed by atoms with E-state index in [1.54, 1.807) is 11.3 Å². The van der Waals surface area contributed by atoms with Gasteiger partial charge in [-0.3, -0.25) is 0 Å². The molecule has 1 saturated carbocycles. The zero-order valence-corrected chi connectivity index (χ0v) is 14.5. The fraction of sp³-hybridized carbons (Fsp3) is 0.526. The van der Waals surface area contributed by atoms with Crippen LogP contribution in [-0.4, -0.2) is 10.2 Å². The van der Waals surface area contributed by atoms with Gasteiger partial charge in [-0.25, -0.2) is 0 Å². The number of aromatic nitrogens is 2. The highest BCUT2D eigenvalue weighted by Gasteiger charge is 2.24. The molecule has 1 aromatic heterocycles. The molecule has 4 heteroatoms. The van der Waals surface area contributed by atoms with E-state index in [0.717, 1.165) is 16.5 Å². The molecule has 120 valence electrons. The fourth-order valence-corrected chi connectivity index (χ4v) is 4.41. The second-order valence-electron chi connectivity index (χ2n) is 6.49. The Morgan fingerprint density at radius 1 is 1.13 bits per heavy atom. The molecular weight excluding hydrogens is 302 g/mol. The van der Waals surface area contributed by atoms with Gasteiger partial charge in [-0.1, -0.05) is 49.7 Å². The summed E-state index contributed by atoms with van der Waals surface area (Å²) in [5.74, 6) is 1.52. The maximum absolute atomic E-state index is 8.87. The Balaban J connectivity index is 1.62. The van der Waals surface area contributed by atoms with Crippen LogP contribution in [-0.2, 0) is 0 Å². The van der Waals surface area contributed by atoms with E-state index >= 15 is 0 Å². The third-order valence-electron chi connectivity index (χ3n) is 4.86. The molecule has 1 fully saturated rings. The Labute approximate surface area is 142 Å². The Hall–Kier alpha value is -1.73. The third kappa shape index (κ3) is 3.97. The highest BCUT2D eigenvalue weighted by Crippen LogP contribution is 2.39. The molecule has 0 radical (unpaired) electrons. The van der Waals surface area contributed by atoms with Crippen LogP contribution in [0.4, 0.5) is 0 Å². The molecule has 0 spiro atoms.